The van der Waals surface area contributed by atoms with Gasteiger partial charge >= 0.3 is 0 Å². The number of amides is 1. The predicted octanol–water partition coefficient (Wildman–Crippen LogP) is 1.37. The lowest BCUT2D eigenvalue weighted by molar-refractivity contribution is 0.0779. The maximum atomic E-state index is 13.9. The summed E-state index contributed by atoms with van der Waals surface area (Å²) >= 11 is 0. The SMILES string of the molecule is COCCCN(C)C(=O)c1ccc(F)c(S(=O)(=O)NC2CC2)c1. The van der Waals surface area contributed by atoms with Crippen molar-refractivity contribution in [2.45, 2.75) is 30.2 Å². The molecule has 0 aliphatic heterocycles. The second-order valence-corrected chi connectivity index (χ2v) is 7.30. The van der Waals surface area contributed by atoms with Crippen molar-refractivity contribution < 1.29 is 22.3 Å². The minimum atomic E-state index is -3.95. The fraction of sp³-hybridized carbons (Fsp3) is 0.533. The van der Waals surface area contributed by atoms with Crippen molar-refractivity contribution in [2.24, 2.45) is 0 Å². The third-order valence-corrected chi connectivity index (χ3v) is 5.09. The summed E-state index contributed by atoms with van der Waals surface area (Å²) in [5.74, 6) is -1.22. The van der Waals surface area contributed by atoms with E-state index >= 15 is 0 Å². The number of benzene rings is 1. The van der Waals surface area contributed by atoms with Crippen LogP contribution in [0.5, 0.6) is 0 Å². The topological polar surface area (TPSA) is 75.7 Å². The molecule has 23 heavy (non-hydrogen) atoms. The zero-order chi connectivity index (χ0) is 17.0. The van der Waals surface area contributed by atoms with Gasteiger partial charge in [-0.25, -0.2) is 17.5 Å². The number of sulfonamides is 1. The molecule has 128 valence electrons. The van der Waals surface area contributed by atoms with Gasteiger partial charge in [0.15, 0.2) is 0 Å². The van der Waals surface area contributed by atoms with E-state index in [0.717, 1.165) is 25.0 Å². The Bertz CT molecular complexity index is 674. The number of carbonyl (C=O) groups excluding carboxylic acids is 1. The molecule has 6 nitrogen and oxygen atoms in total. The molecule has 8 heteroatoms. The fourth-order valence-electron chi connectivity index (χ4n) is 2.09. The zero-order valence-electron chi connectivity index (χ0n) is 13.2. The summed E-state index contributed by atoms with van der Waals surface area (Å²) in [5.41, 5.74) is 0.141. The molecule has 0 atom stereocenters. The number of methoxy groups -OCH3 is 1. The molecule has 2 rings (SSSR count). The van der Waals surface area contributed by atoms with Crippen molar-refractivity contribution in [1.29, 1.82) is 0 Å². The molecule has 1 aromatic rings. The van der Waals surface area contributed by atoms with Crippen LogP contribution in [-0.4, -0.2) is 52.6 Å². The highest BCUT2D eigenvalue weighted by Gasteiger charge is 2.30. The summed E-state index contributed by atoms with van der Waals surface area (Å²) in [7, 11) is -0.762. The molecule has 0 bridgehead atoms. The van der Waals surface area contributed by atoms with E-state index in [0.29, 0.717) is 19.6 Å². The van der Waals surface area contributed by atoms with Gasteiger partial charge in [-0.05, 0) is 37.5 Å². The van der Waals surface area contributed by atoms with Crippen molar-refractivity contribution >= 4 is 15.9 Å². The van der Waals surface area contributed by atoms with E-state index in [-0.39, 0.29) is 17.5 Å². The standard InChI is InChI=1S/C15H21FN2O4S/c1-18(8-3-9-22-2)15(19)11-4-7-13(16)14(10-11)23(20,21)17-12-5-6-12/h4,7,10,12,17H,3,5-6,8-9H2,1-2H3. The molecule has 1 amide bonds. The van der Waals surface area contributed by atoms with E-state index in [1.807, 2.05) is 0 Å². The summed E-state index contributed by atoms with van der Waals surface area (Å²) in [4.78, 5) is 13.3. The van der Waals surface area contributed by atoms with Crippen LogP contribution in [0.15, 0.2) is 23.1 Å². The molecule has 1 fully saturated rings. The summed E-state index contributed by atoms with van der Waals surface area (Å²) in [6.45, 7) is 0.985. The lowest BCUT2D eigenvalue weighted by atomic mass is 10.2. The molecule has 0 spiro atoms. The van der Waals surface area contributed by atoms with Gasteiger partial charge in [0.25, 0.3) is 5.91 Å². The molecule has 0 saturated heterocycles. The first-order chi connectivity index (χ1) is 10.8. The quantitative estimate of drug-likeness (QED) is 0.723. The van der Waals surface area contributed by atoms with E-state index in [1.165, 1.54) is 11.0 Å². The monoisotopic (exact) mass is 344 g/mol. The Hall–Kier alpha value is -1.51. The van der Waals surface area contributed by atoms with Crippen LogP contribution in [0, 0.1) is 5.82 Å². The van der Waals surface area contributed by atoms with Crippen molar-refractivity contribution in [3.8, 4) is 0 Å². The first-order valence-corrected chi connectivity index (χ1v) is 8.90. The smallest absolute Gasteiger partial charge is 0.253 e. The summed E-state index contributed by atoms with van der Waals surface area (Å²) in [5, 5.41) is 0. The van der Waals surface area contributed by atoms with Crippen molar-refractivity contribution in [1.82, 2.24) is 9.62 Å². The Morgan fingerprint density at radius 3 is 2.74 bits per heavy atom. The lowest BCUT2D eigenvalue weighted by Crippen LogP contribution is -2.30. The predicted molar refractivity (Wildman–Crippen MR) is 83.2 cm³/mol. The molecule has 0 radical (unpaired) electrons. The van der Waals surface area contributed by atoms with E-state index in [1.54, 1.807) is 14.2 Å². The number of ether oxygens (including phenoxy) is 1. The Morgan fingerprint density at radius 2 is 2.13 bits per heavy atom. The molecule has 1 aliphatic rings. The minimum absolute atomic E-state index is 0.129. The molecule has 0 heterocycles. The average molecular weight is 344 g/mol. The third-order valence-electron chi connectivity index (χ3n) is 3.56. The van der Waals surface area contributed by atoms with E-state index < -0.39 is 20.7 Å². The summed E-state index contributed by atoms with van der Waals surface area (Å²) in [6.07, 6.45) is 2.16. The van der Waals surface area contributed by atoms with Crippen LogP contribution >= 0.6 is 0 Å². The van der Waals surface area contributed by atoms with Gasteiger partial charge in [0.05, 0.1) is 0 Å². The second kappa shape index (κ2) is 7.37. The van der Waals surface area contributed by atoms with Gasteiger partial charge in [-0.15, -0.1) is 0 Å². The molecule has 1 N–H and O–H groups in total. The number of rotatable bonds is 8. The number of hydrogen-bond acceptors (Lipinski definition) is 4. The van der Waals surface area contributed by atoms with Gasteiger partial charge in [-0.3, -0.25) is 4.79 Å². The molecule has 0 unspecified atom stereocenters. The normalized spacial score (nSPS) is 14.7. The highest BCUT2D eigenvalue weighted by molar-refractivity contribution is 7.89. The van der Waals surface area contributed by atoms with Gasteiger partial charge in [0.1, 0.15) is 10.7 Å². The fourth-order valence-corrected chi connectivity index (χ4v) is 3.50. The maximum Gasteiger partial charge on any atom is 0.253 e. The van der Waals surface area contributed by atoms with Crippen LogP contribution < -0.4 is 4.72 Å². The van der Waals surface area contributed by atoms with Gasteiger partial charge in [0, 0.05) is 38.9 Å². The average Bonchev–Trinajstić information content (AvgIpc) is 3.30. The molecule has 1 saturated carbocycles. The highest BCUT2D eigenvalue weighted by atomic mass is 32.2. The zero-order valence-corrected chi connectivity index (χ0v) is 14.0. The number of carbonyl (C=O) groups is 1. The van der Waals surface area contributed by atoms with Crippen LogP contribution in [-0.2, 0) is 14.8 Å². The Labute approximate surface area is 135 Å². The summed E-state index contributed by atoms with van der Waals surface area (Å²) < 4.78 is 45.6. The summed E-state index contributed by atoms with van der Waals surface area (Å²) in [6, 6.07) is 3.27. The Balaban J connectivity index is 2.17. The van der Waals surface area contributed by atoms with Gasteiger partial charge in [-0.1, -0.05) is 0 Å². The van der Waals surface area contributed by atoms with E-state index in [2.05, 4.69) is 4.72 Å². The minimum Gasteiger partial charge on any atom is -0.385 e. The number of hydrogen-bond donors (Lipinski definition) is 1. The molecule has 0 aromatic heterocycles. The second-order valence-electron chi connectivity index (χ2n) is 5.61. The molecular weight excluding hydrogens is 323 g/mol. The first kappa shape index (κ1) is 17.8. The third kappa shape index (κ3) is 4.73. The molecule has 1 aliphatic carbocycles. The van der Waals surface area contributed by atoms with Crippen LogP contribution in [0.25, 0.3) is 0 Å². The van der Waals surface area contributed by atoms with Crippen LogP contribution in [0.1, 0.15) is 29.6 Å². The van der Waals surface area contributed by atoms with Gasteiger partial charge < -0.3 is 9.64 Å². The highest BCUT2D eigenvalue weighted by Crippen LogP contribution is 2.24. The van der Waals surface area contributed by atoms with Gasteiger partial charge in [0.2, 0.25) is 10.0 Å². The van der Waals surface area contributed by atoms with Crippen LogP contribution in [0.2, 0.25) is 0 Å². The lowest BCUT2D eigenvalue weighted by Gasteiger charge is -2.17. The van der Waals surface area contributed by atoms with Gasteiger partial charge in [-0.2, -0.15) is 0 Å². The largest absolute Gasteiger partial charge is 0.385 e. The first-order valence-electron chi connectivity index (χ1n) is 7.41. The van der Waals surface area contributed by atoms with Crippen molar-refractivity contribution in [2.75, 3.05) is 27.3 Å². The Morgan fingerprint density at radius 1 is 1.43 bits per heavy atom. The van der Waals surface area contributed by atoms with E-state index in [9.17, 15) is 17.6 Å². The number of nitrogens with one attached hydrogen (secondary N) is 1. The van der Waals surface area contributed by atoms with E-state index in [4.69, 9.17) is 4.74 Å². The number of nitrogens with zero attached hydrogens (tertiary/aromatic N) is 1. The Kier molecular flexibility index (Phi) is 5.72. The van der Waals surface area contributed by atoms with Crippen molar-refractivity contribution in [3.05, 3.63) is 29.6 Å². The van der Waals surface area contributed by atoms with Crippen LogP contribution in [0.3, 0.4) is 0 Å². The van der Waals surface area contributed by atoms with Crippen molar-refractivity contribution in [3.63, 3.8) is 0 Å². The molecule has 1 aromatic carbocycles. The molecular formula is C15H21FN2O4S. The van der Waals surface area contributed by atoms with Crippen LogP contribution in [0.4, 0.5) is 4.39 Å². The number of halogens is 1. The maximum absolute atomic E-state index is 13.9.